The lowest BCUT2D eigenvalue weighted by atomic mass is 10.2. The van der Waals surface area contributed by atoms with E-state index in [1.54, 1.807) is 0 Å². The van der Waals surface area contributed by atoms with Crippen molar-refractivity contribution in [3.63, 3.8) is 0 Å². The summed E-state index contributed by atoms with van der Waals surface area (Å²) in [6.45, 7) is 2.68. The first-order valence-electron chi connectivity index (χ1n) is 6.36. The van der Waals surface area contributed by atoms with Crippen molar-refractivity contribution in [2.24, 2.45) is 0 Å². The summed E-state index contributed by atoms with van der Waals surface area (Å²) in [4.78, 5) is 18.7. The molecular weight excluding hydrogens is 294 g/mol. The van der Waals surface area contributed by atoms with Crippen LogP contribution in [0.1, 0.15) is 17.1 Å². The van der Waals surface area contributed by atoms with Crippen LogP contribution in [0.3, 0.4) is 0 Å². The summed E-state index contributed by atoms with van der Waals surface area (Å²) in [5.74, 6) is 1.48. The Morgan fingerprint density at radius 3 is 3.00 bits per heavy atom. The van der Waals surface area contributed by atoms with Crippen molar-refractivity contribution >= 4 is 34.0 Å². The number of rotatable bonds is 4. The smallest absolute Gasteiger partial charge is 0.304 e. The molecule has 0 saturated heterocycles. The monoisotopic (exact) mass is 307 g/mol. The van der Waals surface area contributed by atoms with Crippen molar-refractivity contribution in [2.45, 2.75) is 19.9 Å². The minimum Gasteiger partial charge on any atom is -0.322 e. The topological polar surface area (TPSA) is 50.7 Å². The fourth-order valence-electron chi connectivity index (χ4n) is 2.30. The average molecular weight is 308 g/mol. The molecule has 3 rings (SSSR count). The van der Waals surface area contributed by atoms with E-state index in [4.69, 9.17) is 11.6 Å². The fraction of sp³-hybridized carbons (Fsp3) is 0.286. The van der Waals surface area contributed by atoms with Crippen LogP contribution in [-0.2, 0) is 13.0 Å². The van der Waals surface area contributed by atoms with Gasteiger partial charge in [-0.1, -0.05) is 17.4 Å². The molecule has 0 saturated carbocycles. The van der Waals surface area contributed by atoms with Gasteiger partial charge in [0.05, 0.1) is 17.6 Å². The molecule has 1 aromatic carbocycles. The Bertz CT molecular complexity index is 802. The normalized spacial score (nSPS) is 11.3. The highest BCUT2D eigenvalue weighted by atomic mass is 35.5. The van der Waals surface area contributed by atoms with Gasteiger partial charge >= 0.3 is 4.87 Å². The van der Waals surface area contributed by atoms with Crippen LogP contribution in [0, 0.1) is 6.92 Å². The summed E-state index contributed by atoms with van der Waals surface area (Å²) >= 11 is 7.05. The zero-order valence-corrected chi connectivity index (χ0v) is 12.6. The van der Waals surface area contributed by atoms with Gasteiger partial charge in [-0.15, -0.1) is 11.6 Å². The number of imidazole rings is 1. The Balaban J connectivity index is 2.12. The number of aryl methyl sites for hydroxylation is 2. The third kappa shape index (κ3) is 2.51. The predicted octanol–water partition coefficient (Wildman–Crippen LogP) is 2.92. The Kier molecular flexibility index (Phi) is 3.63. The number of hydrogen-bond donors (Lipinski definition) is 1. The van der Waals surface area contributed by atoms with Crippen LogP contribution in [0.2, 0.25) is 0 Å². The predicted molar refractivity (Wildman–Crippen MR) is 82.9 cm³/mol. The van der Waals surface area contributed by atoms with Crippen LogP contribution in [0.4, 0.5) is 0 Å². The molecule has 3 aromatic rings. The maximum Gasteiger partial charge on any atom is 0.304 e. The van der Waals surface area contributed by atoms with Gasteiger partial charge in [0.2, 0.25) is 0 Å². The highest BCUT2D eigenvalue weighted by Crippen LogP contribution is 2.20. The van der Waals surface area contributed by atoms with Crippen molar-refractivity contribution in [3.05, 3.63) is 50.3 Å². The molecular formula is C14H14ClN3OS. The van der Waals surface area contributed by atoms with Crippen molar-refractivity contribution in [2.75, 3.05) is 5.88 Å². The Morgan fingerprint density at radius 1 is 1.45 bits per heavy atom. The van der Waals surface area contributed by atoms with Crippen molar-refractivity contribution in [1.29, 1.82) is 0 Å². The lowest BCUT2D eigenvalue weighted by molar-refractivity contribution is 0.740. The third-order valence-corrected chi connectivity index (χ3v) is 4.11. The van der Waals surface area contributed by atoms with Crippen LogP contribution in [0.15, 0.2) is 28.4 Å². The first-order valence-corrected chi connectivity index (χ1v) is 7.77. The number of hydrogen-bond acceptors (Lipinski definition) is 3. The van der Waals surface area contributed by atoms with Gasteiger partial charge in [-0.25, -0.2) is 4.98 Å². The number of aromatic nitrogens is 3. The van der Waals surface area contributed by atoms with E-state index in [-0.39, 0.29) is 4.87 Å². The first-order chi connectivity index (χ1) is 9.67. The summed E-state index contributed by atoms with van der Waals surface area (Å²) in [5.41, 5.74) is 4.14. The highest BCUT2D eigenvalue weighted by Gasteiger charge is 2.11. The lowest BCUT2D eigenvalue weighted by Gasteiger charge is -2.07. The molecule has 20 heavy (non-hydrogen) atoms. The zero-order valence-electron chi connectivity index (χ0n) is 11.0. The van der Waals surface area contributed by atoms with Gasteiger partial charge in [0.1, 0.15) is 5.82 Å². The number of nitrogens with one attached hydrogen (secondary N) is 1. The average Bonchev–Trinajstić information content (AvgIpc) is 2.96. The molecule has 0 aliphatic rings. The number of aromatic amines is 1. The maximum atomic E-state index is 11.3. The summed E-state index contributed by atoms with van der Waals surface area (Å²) in [6.07, 6.45) is 0.712. The SMILES string of the molecule is Cc1ccc2nc(CCCl)n(Cc3csc(=O)[nH]3)c2c1. The Morgan fingerprint density at radius 2 is 2.30 bits per heavy atom. The van der Waals surface area contributed by atoms with E-state index >= 15 is 0 Å². The molecule has 0 fully saturated rings. The van der Waals surface area contributed by atoms with Crippen molar-refractivity contribution in [3.8, 4) is 0 Å². The van der Waals surface area contributed by atoms with Crippen LogP contribution in [0.5, 0.6) is 0 Å². The summed E-state index contributed by atoms with van der Waals surface area (Å²) in [5, 5.41) is 1.86. The van der Waals surface area contributed by atoms with Gasteiger partial charge in [0, 0.05) is 23.4 Å². The Hall–Kier alpha value is -1.59. The number of benzene rings is 1. The quantitative estimate of drug-likeness (QED) is 0.753. The summed E-state index contributed by atoms with van der Waals surface area (Å²) in [6, 6.07) is 6.19. The van der Waals surface area contributed by atoms with Crippen LogP contribution < -0.4 is 4.87 Å². The second kappa shape index (κ2) is 5.42. The van der Waals surface area contributed by atoms with E-state index in [1.165, 1.54) is 16.9 Å². The molecule has 1 N–H and O–H groups in total. The molecule has 4 nitrogen and oxygen atoms in total. The van der Waals surface area contributed by atoms with Crippen LogP contribution in [-0.4, -0.2) is 20.4 Å². The van der Waals surface area contributed by atoms with Gasteiger partial charge in [0.15, 0.2) is 0 Å². The molecule has 6 heteroatoms. The first kappa shape index (κ1) is 13.4. The van der Waals surface area contributed by atoms with E-state index in [1.807, 2.05) is 11.4 Å². The molecule has 2 aromatic heterocycles. The number of alkyl halides is 1. The van der Waals surface area contributed by atoms with Gasteiger partial charge in [-0.2, -0.15) is 0 Å². The lowest BCUT2D eigenvalue weighted by Crippen LogP contribution is -2.07. The van der Waals surface area contributed by atoms with E-state index in [2.05, 4.69) is 33.6 Å². The molecule has 2 heterocycles. The summed E-state index contributed by atoms with van der Waals surface area (Å²) in [7, 11) is 0. The van der Waals surface area contributed by atoms with Gasteiger partial charge < -0.3 is 9.55 Å². The second-order valence-corrected chi connectivity index (χ2v) is 5.94. The van der Waals surface area contributed by atoms with E-state index in [0.29, 0.717) is 18.8 Å². The maximum absolute atomic E-state index is 11.3. The molecule has 0 unspecified atom stereocenters. The van der Waals surface area contributed by atoms with E-state index in [0.717, 1.165) is 22.6 Å². The zero-order chi connectivity index (χ0) is 14.1. The highest BCUT2D eigenvalue weighted by molar-refractivity contribution is 7.07. The van der Waals surface area contributed by atoms with Crippen LogP contribution >= 0.6 is 22.9 Å². The standard InChI is InChI=1S/C14H14ClN3OS/c1-9-2-3-11-12(6-9)18(13(17-11)4-5-15)7-10-8-20-14(19)16-10/h2-3,6,8H,4-5,7H2,1H3,(H,16,19). The van der Waals surface area contributed by atoms with E-state index < -0.39 is 0 Å². The fourth-order valence-corrected chi connectivity index (χ4v) is 3.04. The van der Waals surface area contributed by atoms with Crippen molar-refractivity contribution < 1.29 is 0 Å². The number of thiazole rings is 1. The Labute approximate surface area is 125 Å². The van der Waals surface area contributed by atoms with Gasteiger partial charge in [0.25, 0.3) is 0 Å². The molecule has 0 radical (unpaired) electrons. The molecule has 0 aliphatic heterocycles. The summed E-state index contributed by atoms with van der Waals surface area (Å²) < 4.78 is 2.13. The molecule has 0 bridgehead atoms. The molecule has 0 spiro atoms. The largest absolute Gasteiger partial charge is 0.322 e. The van der Waals surface area contributed by atoms with Gasteiger partial charge in [-0.05, 0) is 24.6 Å². The number of fused-ring (bicyclic) bond motifs is 1. The third-order valence-electron chi connectivity index (χ3n) is 3.20. The minimum absolute atomic E-state index is 0.0282. The molecule has 0 amide bonds. The second-order valence-electron chi connectivity index (χ2n) is 4.72. The number of H-pyrrole nitrogens is 1. The van der Waals surface area contributed by atoms with Gasteiger partial charge in [-0.3, -0.25) is 4.79 Å². The number of nitrogens with zero attached hydrogens (tertiary/aromatic N) is 2. The minimum atomic E-state index is -0.0282. The van der Waals surface area contributed by atoms with Crippen molar-refractivity contribution in [1.82, 2.24) is 14.5 Å². The molecule has 104 valence electrons. The van der Waals surface area contributed by atoms with Crippen LogP contribution in [0.25, 0.3) is 11.0 Å². The van der Waals surface area contributed by atoms with E-state index in [9.17, 15) is 4.79 Å². The number of halogens is 1. The molecule has 0 aliphatic carbocycles. The molecule has 0 atom stereocenters.